The number of alkyl halides is 3. The van der Waals surface area contributed by atoms with Gasteiger partial charge in [-0.15, -0.1) is 10.2 Å². The molecule has 0 aliphatic heterocycles. The van der Waals surface area contributed by atoms with Crippen molar-refractivity contribution >= 4 is 44.4 Å². The van der Waals surface area contributed by atoms with Crippen LogP contribution in [0.25, 0.3) is 10.2 Å². The topological polar surface area (TPSA) is 81.9 Å². The van der Waals surface area contributed by atoms with Crippen LogP contribution in [-0.2, 0) is 24.6 Å². The van der Waals surface area contributed by atoms with E-state index in [2.05, 4.69) is 20.5 Å². The van der Waals surface area contributed by atoms with E-state index >= 15 is 0 Å². The van der Waals surface area contributed by atoms with Gasteiger partial charge in [-0.2, -0.15) is 13.2 Å². The van der Waals surface area contributed by atoms with E-state index in [9.17, 15) is 18.0 Å². The molecule has 32 heavy (non-hydrogen) atoms. The van der Waals surface area contributed by atoms with E-state index in [0.29, 0.717) is 16.1 Å². The van der Waals surface area contributed by atoms with Crippen molar-refractivity contribution in [3.05, 3.63) is 59.9 Å². The Bertz CT molecular complexity index is 1220. The molecule has 0 saturated carbocycles. The normalized spacial score (nSPS) is 11.6. The summed E-state index contributed by atoms with van der Waals surface area (Å²) in [6.07, 6.45) is -4.44. The Morgan fingerprint density at radius 3 is 2.78 bits per heavy atom. The summed E-state index contributed by atoms with van der Waals surface area (Å²) in [5.41, 5.74) is 0.0301. The standard InChI is InChI=1S/C20H16F3N5O2S2/c1-28-16(10-30-13-6-4-5-12(9-13)20(21,22)23)26-27-19(28)31-11-17(29)25-18-24-14-7-2-3-8-15(14)32-18/h2-9H,10-11H2,1H3,(H,24,25,29). The summed E-state index contributed by atoms with van der Waals surface area (Å²) < 4.78 is 46.5. The third-order valence-corrected chi connectivity index (χ3v) is 6.30. The van der Waals surface area contributed by atoms with Gasteiger partial charge in [0.2, 0.25) is 5.91 Å². The quantitative estimate of drug-likeness (QED) is 0.385. The van der Waals surface area contributed by atoms with Crippen LogP contribution in [0.15, 0.2) is 53.7 Å². The summed E-state index contributed by atoms with van der Waals surface area (Å²) in [5, 5.41) is 11.8. The van der Waals surface area contributed by atoms with Gasteiger partial charge in [0.05, 0.1) is 21.5 Å². The SMILES string of the molecule is Cn1c(COc2cccc(C(F)(F)F)c2)nnc1SCC(=O)Nc1nc2ccccc2s1. The first kappa shape index (κ1) is 22.1. The lowest BCUT2D eigenvalue weighted by Crippen LogP contribution is -2.14. The molecule has 166 valence electrons. The lowest BCUT2D eigenvalue weighted by Gasteiger charge is -2.10. The Labute approximate surface area is 188 Å². The molecular formula is C20H16F3N5O2S2. The highest BCUT2D eigenvalue weighted by Gasteiger charge is 2.30. The van der Waals surface area contributed by atoms with E-state index in [1.54, 1.807) is 11.6 Å². The molecule has 2 heterocycles. The zero-order valence-corrected chi connectivity index (χ0v) is 18.2. The number of anilines is 1. The van der Waals surface area contributed by atoms with Gasteiger partial charge in [0.25, 0.3) is 0 Å². The number of hydrogen-bond donors (Lipinski definition) is 1. The fourth-order valence-electron chi connectivity index (χ4n) is 2.72. The number of thioether (sulfide) groups is 1. The fourth-order valence-corrected chi connectivity index (χ4v) is 4.33. The van der Waals surface area contributed by atoms with Gasteiger partial charge in [0.1, 0.15) is 12.4 Å². The summed E-state index contributed by atoms with van der Waals surface area (Å²) in [7, 11) is 1.69. The van der Waals surface area contributed by atoms with Crippen LogP contribution in [0.2, 0.25) is 0 Å². The molecule has 1 N–H and O–H groups in total. The van der Waals surface area contributed by atoms with E-state index in [1.807, 2.05) is 24.3 Å². The minimum Gasteiger partial charge on any atom is -0.486 e. The van der Waals surface area contributed by atoms with Crippen LogP contribution in [-0.4, -0.2) is 31.4 Å². The second-order valence-corrected chi connectivity index (χ2v) is 8.57. The number of para-hydroxylation sites is 1. The Kier molecular flexibility index (Phi) is 6.33. The van der Waals surface area contributed by atoms with Crippen LogP contribution >= 0.6 is 23.1 Å². The van der Waals surface area contributed by atoms with Crippen LogP contribution in [0, 0.1) is 0 Å². The minimum atomic E-state index is -4.44. The maximum absolute atomic E-state index is 12.8. The van der Waals surface area contributed by atoms with Crippen LogP contribution in [0.4, 0.5) is 18.3 Å². The summed E-state index contributed by atoms with van der Waals surface area (Å²) in [4.78, 5) is 16.6. The van der Waals surface area contributed by atoms with E-state index < -0.39 is 11.7 Å². The molecule has 0 saturated heterocycles. The van der Waals surface area contributed by atoms with Crippen molar-refractivity contribution in [3.8, 4) is 5.75 Å². The number of amides is 1. The molecule has 0 aliphatic rings. The molecule has 4 rings (SSSR count). The Morgan fingerprint density at radius 2 is 2.00 bits per heavy atom. The molecule has 0 fully saturated rings. The molecule has 1 amide bonds. The second-order valence-electron chi connectivity index (χ2n) is 6.60. The highest BCUT2D eigenvalue weighted by atomic mass is 32.2. The molecule has 7 nitrogen and oxygen atoms in total. The molecule has 12 heteroatoms. The van der Waals surface area contributed by atoms with Crippen molar-refractivity contribution in [1.29, 1.82) is 0 Å². The van der Waals surface area contributed by atoms with E-state index in [4.69, 9.17) is 4.74 Å². The van der Waals surface area contributed by atoms with Crippen molar-refractivity contribution in [3.63, 3.8) is 0 Å². The van der Waals surface area contributed by atoms with Crippen molar-refractivity contribution < 1.29 is 22.7 Å². The molecule has 0 bridgehead atoms. The van der Waals surface area contributed by atoms with E-state index in [1.165, 1.54) is 35.2 Å². The molecule has 0 unspecified atom stereocenters. The van der Waals surface area contributed by atoms with Gasteiger partial charge < -0.3 is 14.6 Å². The van der Waals surface area contributed by atoms with Crippen molar-refractivity contribution in [2.75, 3.05) is 11.1 Å². The number of rotatable bonds is 7. The highest BCUT2D eigenvalue weighted by Crippen LogP contribution is 2.31. The minimum absolute atomic E-state index is 0.0662. The third-order valence-electron chi connectivity index (χ3n) is 4.33. The van der Waals surface area contributed by atoms with Gasteiger partial charge in [-0.1, -0.05) is 41.3 Å². The van der Waals surface area contributed by atoms with Gasteiger partial charge in [0, 0.05) is 7.05 Å². The average molecular weight is 480 g/mol. The number of thiazole rings is 1. The lowest BCUT2D eigenvalue weighted by molar-refractivity contribution is -0.137. The van der Waals surface area contributed by atoms with Crippen LogP contribution < -0.4 is 10.1 Å². The monoisotopic (exact) mass is 479 g/mol. The number of ether oxygens (including phenoxy) is 1. The molecule has 2 aromatic carbocycles. The number of carbonyl (C=O) groups excluding carboxylic acids is 1. The first-order chi connectivity index (χ1) is 15.3. The number of hydrogen-bond acceptors (Lipinski definition) is 7. The Balaban J connectivity index is 1.32. The predicted octanol–water partition coefficient (Wildman–Crippen LogP) is 4.75. The molecule has 0 aliphatic carbocycles. The number of carbonyl (C=O) groups is 1. The van der Waals surface area contributed by atoms with E-state index in [0.717, 1.165) is 22.3 Å². The average Bonchev–Trinajstić information content (AvgIpc) is 3.32. The van der Waals surface area contributed by atoms with Crippen LogP contribution in [0.3, 0.4) is 0 Å². The van der Waals surface area contributed by atoms with Crippen molar-refractivity contribution in [2.45, 2.75) is 17.9 Å². The van der Waals surface area contributed by atoms with Gasteiger partial charge in [0.15, 0.2) is 16.1 Å². The number of fused-ring (bicyclic) bond motifs is 1. The van der Waals surface area contributed by atoms with Gasteiger partial charge in [-0.25, -0.2) is 4.98 Å². The predicted molar refractivity (Wildman–Crippen MR) is 116 cm³/mol. The summed E-state index contributed by atoms with van der Waals surface area (Å²) >= 11 is 2.57. The molecular weight excluding hydrogens is 463 g/mol. The fraction of sp³-hybridized carbons (Fsp3) is 0.200. The highest BCUT2D eigenvalue weighted by molar-refractivity contribution is 7.99. The number of aromatic nitrogens is 4. The first-order valence-electron chi connectivity index (χ1n) is 9.26. The Hall–Kier alpha value is -3.12. The number of halogens is 3. The third kappa shape index (κ3) is 5.19. The van der Waals surface area contributed by atoms with E-state index in [-0.39, 0.29) is 24.0 Å². The molecule has 4 aromatic rings. The maximum Gasteiger partial charge on any atom is 0.416 e. The summed E-state index contributed by atoms with van der Waals surface area (Å²) in [6.45, 7) is -0.0662. The molecule has 0 spiro atoms. The summed E-state index contributed by atoms with van der Waals surface area (Å²) in [5.74, 6) is 0.346. The lowest BCUT2D eigenvalue weighted by atomic mass is 10.2. The molecule has 0 atom stereocenters. The maximum atomic E-state index is 12.8. The van der Waals surface area contributed by atoms with Gasteiger partial charge in [-0.05, 0) is 30.3 Å². The zero-order chi connectivity index (χ0) is 22.7. The second kappa shape index (κ2) is 9.17. The summed E-state index contributed by atoms with van der Waals surface area (Å²) in [6, 6.07) is 12.2. The van der Waals surface area contributed by atoms with Crippen molar-refractivity contribution in [1.82, 2.24) is 19.7 Å². The van der Waals surface area contributed by atoms with Gasteiger partial charge in [-0.3, -0.25) is 4.79 Å². The smallest absolute Gasteiger partial charge is 0.416 e. The van der Waals surface area contributed by atoms with Crippen LogP contribution in [0.5, 0.6) is 5.75 Å². The zero-order valence-electron chi connectivity index (χ0n) is 16.6. The number of benzene rings is 2. The first-order valence-corrected chi connectivity index (χ1v) is 11.1. The van der Waals surface area contributed by atoms with Gasteiger partial charge >= 0.3 is 6.18 Å². The van der Waals surface area contributed by atoms with Crippen LogP contribution in [0.1, 0.15) is 11.4 Å². The number of nitrogens with one attached hydrogen (secondary N) is 1. The molecule has 2 aromatic heterocycles. The van der Waals surface area contributed by atoms with Crippen molar-refractivity contribution in [2.24, 2.45) is 7.05 Å². The molecule has 0 radical (unpaired) electrons. The Morgan fingerprint density at radius 1 is 1.19 bits per heavy atom. The largest absolute Gasteiger partial charge is 0.486 e. The number of nitrogens with zero attached hydrogens (tertiary/aromatic N) is 4.